The molecule has 2 nitrogen and oxygen atoms in total. The van der Waals surface area contributed by atoms with Gasteiger partial charge in [-0.2, -0.15) is 0 Å². The molecule has 2 aromatic carbocycles. The fourth-order valence-corrected chi connectivity index (χ4v) is 3.86. The Labute approximate surface area is 135 Å². The molecule has 0 aromatic heterocycles. The van der Waals surface area contributed by atoms with E-state index in [2.05, 4.69) is 25.1 Å². The lowest BCUT2D eigenvalue weighted by molar-refractivity contribution is -0.120. The van der Waals surface area contributed by atoms with Crippen molar-refractivity contribution in [3.8, 4) is 0 Å². The smallest absolute Gasteiger partial charge is 0.230 e. The van der Waals surface area contributed by atoms with Crippen molar-refractivity contribution >= 4 is 11.6 Å². The number of benzene rings is 2. The molecule has 4 rings (SSSR count). The Morgan fingerprint density at radius 3 is 2.83 bits per heavy atom. The Kier molecular flexibility index (Phi) is 3.44. The van der Waals surface area contributed by atoms with Crippen molar-refractivity contribution in [3.05, 3.63) is 65.0 Å². The second kappa shape index (κ2) is 5.48. The highest BCUT2D eigenvalue weighted by atomic mass is 19.1. The van der Waals surface area contributed by atoms with Crippen LogP contribution in [0, 0.1) is 18.7 Å². The molecule has 0 saturated heterocycles. The molecule has 1 aliphatic heterocycles. The van der Waals surface area contributed by atoms with Gasteiger partial charge in [-0.1, -0.05) is 36.4 Å². The van der Waals surface area contributed by atoms with Crippen molar-refractivity contribution in [2.75, 3.05) is 11.4 Å². The van der Waals surface area contributed by atoms with Gasteiger partial charge in [-0.15, -0.1) is 0 Å². The van der Waals surface area contributed by atoms with Crippen molar-refractivity contribution in [1.29, 1.82) is 0 Å². The predicted octanol–water partition coefficient (Wildman–Crippen LogP) is 4.22. The molecule has 0 radical (unpaired) electrons. The summed E-state index contributed by atoms with van der Waals surface area (Å²) in [5.41, 5.74) is 4.18. The van der Waals surface area contributed by atoms with E-state index in [-0.39, 0.29) is 23.6 Å². The number of anilines is 1. The first-order chi connectivity index (χ1) is 11.2. The summed E-state index contributed by atoms with van der Waals surface area (Å²) in [6.45, 7) is 2.84. The van der Waals surface area contributed by atoms with Crippen LogP contribution in [0.2, 0.25) is 0 Å². The average molecular weight is 309 g/mol. The van der Waals surface area contributed by atoms with E-state index in [4.69, 9.17) is 0 Å². The minimum absolute atomic E-state index is 0.0399. The van der Waals surface area contributed by atoms with Gasteiger partial charge in [0, 0.05) is 18.2 Å². The Bertz CT molecular complexity index is 770. The summed E-state index contributed by atoms with van der Waals surface area (Å²) in [5, 5.41) is 0. The molecule has 3 heteroatoms. The highest BCUT2D eigenvalue weighted by Gasteiger charge is 2.47. The van der Waals surface area contributed by atoms with Gasteiger partial charge in [0.15, 0.2) is 0 Å². The molecule has 2 unspecified atom stereocenters. The third kappa shape index (κ3) is 2.44. The number of aryl methyl sites for hydroxylation is 2. The van der Waals surface area contributed by atoms with Crippen LogP contribution >= 0.6 is 0 Å². The summed E-state index contributed by atoms with van der Waals surface area (Å²) in [6, 6.07) is 13.1. The molecule has 1 fully saturated rings. The van der Waals surface area contributed by atoms with E-state index in [9.17, 15) is 9.18 Å². The zero-order valence-corrected chi connectivity index (χ0v) is 13.3. The first-order valence-corrected chi connectivity index (χ1v) is 8.31. The minimum Gasteiger partial charge on any atom is -0.312 e. The van der Waals surface area contributed by atoms with E-state index >= 15 is 0 Å². The molecule has 2 aliphatic rings. The third-order valence-electron chi connectivity index (χ3n) is 5.10. The zero-order chi connectivity index (χ0) is 16.0. The number of rotatable bonds is 2. The summed E-state index contributed by atoms with van der Waals surface area (Å²) in [5.74, 6) is -0.0629. The highest BCUT2D eigenvalue weighted by molar-refractivity contribution is 5.99. The molecule has 2 atom stereocenters. The fraction of sp³-hybridized carbons (Fsp3) is 0.350. The predicted molar refractivity (Wildman–Crippen MR) is 89.1 cm³/mol. The van der Waals surface area contributed by atoms with Gasteiger partial charge in [0.05, 0.1) is 0 Å². The van der Waals surface area contributed by atoms with Gasteiger partial charge in [0.2, 0.25) is 5.91 Å². The topological polar surface area (TPSA) is 20.3 Å². The first-order valence-electron chi connectivity index (χ1n) is 8.31. The van der Waals surface area contributed by atoms with Crippen molar-refractivity contribution in [2.24, 2.45) is 5.92 Å². The number of hydrogen-bond donors (Lipinski definition) is 0. The van der Waals surface area contributed by atoms with Gasteiger partial charge in [0.25, 0.3) is 0 Å². The fourth-order valence-electron chi connectivity index (χ4n) is 3.86. The number of halogens is 1. The third-order valence-corrected chi connectivity index (χ3v) is 5.10. The van der Waals surface area contributed by atoms with Gasteiger partial charge in [-0.3, -0.25) is 4.79 Å². The van der Waals surface area contributed by atoms with Gasteiger partial charge < -0.3 is 4.90 Å². The quantitative estimate of drug-likeness (QED) is 0.813. The average Bonchev–Trinajstić information content (AvgIpc) is 3.35. The number of nitrogens with zero attached hydrogens (tertiary/aromatic N) is 1. The zero-order valence-electron chi connectivity index (χ0n) is 13.3. The molecule has 0 spiro atoms. The van der Waals surface area contributed by atoms with Crippen molar-refractivity contribution in [2.45, 2.75) is 32.1 Å². The summed E-state index contributed by atoms with van der Waals surface area (Å²) in [4.78, 5) is 14.9. The van der Waals surface area contributed by atoms with Gasteiger partial charge in [-0.05, 0) is 54.9 Å². The molecule has 1 amide bonds. The molecule has 23 heavy (non-hydrogen) atoms. The van der Waals surface area contributed by atoms with Crippen LogP contribution in [0.3, 0.4) is 0 Å². The summed E-state index contributed by atoms with van der Waals surface area (Å²) >= 11 is 0. The Hall–Kier alpha value is -2.16. The number of para-hydroxylation sites is 1. The van der Waals surface area contributed by atoms with Crippen molar-refractivity contribution < 1.29 is 9.18 Å². The maximum absolute atomic E-state index is 13.9. The van der Waals surface area contributed by atoms with Crippen LogP contribution in [0.4, 0.5) is 10.1 Å². The van der Waals surface area contributed by atoms with E-state index in [1.807, 2.05) is 17.0 Å². The van der Waals surface area contributed by atoms with Crippen LogP contribution in [-0.4, -0.2) is 12.5 Å². The molecule has 1 heterocycles. The second-order valence-electron chi connectivity index (χ2n) is 6.65. The lowest BCUT2D eigenvalue weighted by Crippen LogP contribution is -2.37. The summed E-state index contributed by atoms with van der Waals surface area (Å²) < 4.78 is 13.9. The SMILES string of the molecule is Cc1cccc2c1N(C(=O)C1CC1c1ccccc1F)CCC2. The molecule has 0 bridgehead atoms. The molecule has 118 valence electrons. The number of carbonyl (C=O) groups excluding carboxylic acids is 1. The van der Waals surface area contributed by atoms with E-state index in [1.165, 1.54) is 11.6 Å². The van der Waals surface area contributed by atoms with Crippen molar-refractivity contribution in [3.63, 3.8) is 0 Å². The molecule has 2 aromatic rings. The molecule has 1 saturated carbocycles. The van der Waals surface area contributed by atoms with Gasteiger partial charge in [-0.25, -0.2) is 4.39 Å². The van der Waals surface area contributed by atoms with E-state index < -0.39 is 0 Å². The number of amides is 1. The summed E-state index contributed by atoms with van der Waals surface area (Å²) in [7, 11) is 0. The Morgan fingerprint density at radius 1 is 1.17 bits per heavy atom. The number of hydrogen-bond acceptors (Lipinski definition) is 1. The molecule has 1 aliphatic carbocycles. The Morgan fingerprint density at radius 2 is 2.00 bits per heavy atom. The van der Waals surface area contributed by atoms with Crippen LogP contribution in [0.15, 0.2) is 42.5 Å². The lowest BCUT2D eigenvalue weighted by atomic mass is 9.97. The maximum Gasteiger partial charge on any atom is 0.230 e. The van der Waals surface area contributed by atoms with Crippen LogP contribution < -0.4 is 4.90 Å². The molecule has 0 N–H and O–H groups in total. The van der Waals surface area contributed by atoms with Crippen LogP contribution in [0.1, 0.15) is 35.4 Å². The monoisotopic (exact) mass is 309 g/mol. The normalized spacial score (nSPS) is 22.6. The van der Waals surface area contributed by atoms with Crippen LogP contribution in [-0.2, 0) is 11.2 Å². The number of fused-ring (bicyclic) bond motifs is 1. The van der Waals surface area contributed by atoms with E-state index in [1.54, 1.807) is 6.07 Å². The van der Waals surface area contributed by atoms with E-state index in [0.29, 0.717) is 5.56 Å². The van der Waals surface area contributed by atoms with Gasteiger partial charge in [0.1, 0.15) is 5.82 Å². The van der Waals surface area contributed by atoms with Gasteiger partial charge >= 0.3 is 0 Å². The van der Waals surface area contributed by atoms with Crippen LogP contribution in [0.5, 0.6) is 0 Å². The maximum atomic E-state index is 13.9. The lowest BCUT2D eigenvalue weighted by Gasteiger charge is -2.31. The highest BCUT2D eigenvalue weighted by Crippen LogP contribution is 2.50. The summed E-state index contributed by atoms with van der Waals surface area (Å²) in [6.07, 6.45) is 2.79. The number of carbonyl (C=O) groups is 1. The van der Waals surface area contributed by atoms with E-state index in [0.717, 1.165) is 37.1 Å². The van der Waals surface area contributed by atoms with Crippen molar-refractivity contribution in [1.82, 2.24) is 0 Å². The molecular formula is C20H20FNO. The largest absolute Gasteiger partial charge is 0.312 e. The first kappa shape index (κ1) is 14.4. The second-order valence-corrected chi connectivity index (χ2v) is 6.65. The Balaban J connectivity index is 1.60. The van der Waals surface area contributed by atoms with Crippen LogP contribution in [0.25, 0.3) is 0 Å². The minimum atomic E-state index is -0.192. The molecular weight excluding hydrogens is 289 g/mol. The standard InChI is InChI=1S/C20H20FNO/c1-13-6-4-7-14-8-5-11-22(19(13)14)20(23)17-12-16(17)15-9-2-3-10-18(15)21/h2-4,6-7,9-10,16-17H,5,8,11-12H2,1H3.